The molecule has 10 heteroatoms. The van der Waals surface area contributed by atoms with Crippen molar-refractivity contribution in [2.24, 2.45) is 0 Å². The van der Waals surface area contributed by atoms with Crippen LogP contribution in [0.2, 0.25) is 0 Å². The molecule has 1 saturated carbocycles. The Morgan fingerprint density at radius 3 is 2.68 bits per heavy atom. The minimum Gasteiger partial charge on any atom is -0.349 e. The lowest BCUT2D eigenvalue weighted by atomic mass is 10.2. The number of aryl methyl sites for hydroxylation is 1. The fourth-order valence-electron chi connectivity index (χ4n) is 2.97. The second-order valence-electron chi connectivity index (χ2n) is 7.19. The van der Waals surface area contributed by atoms with Crippen LogP contribution in [0, 0.1) is 0 Å². The molecular weight excluding hydrogens is 358 g/mol. The Morgan fingerprint density at radius 2 is 1.96 bits per heavy atom. The first-order chi connectivity index (χ1) is 13.6. The van der Waals surface area contributed by atoms with Crippen LogP contribution in [0.1, 0.15) is 35.9 Å². The van der Waals surface area contributed by atoms with Crippen molar-refractivity contribution in [3.05, 3.63) is 23.7 Å². The number of nitrogens with one attached hydrogen (secondary N) is 2. The number of rotatable bonds is 6. The molecule has 0 atom stereocenters. The highest BCUT2D eigenvalue weighted by molar-refractivity contribution is 5.99. The number of nitrogens with zero attached hydrogens (tertiary/aromatic N) is 7. The standard InChI is InChI=1S/C18H25N9O/c1-3-14-21-17(24-18(22-14)27-10-8-26(2)9-11-27)23-15-13(6-7-19-25-15)16(28)20-12-4-5-12/h6-7,12H,3-5,8-11H2,1-2H3,(H,20,28)(H,21,22,23,24,25). The van der Waals surface area contributed by atoms with Gasteiger partial charge in [0.05, 0.1) is 11.8 Å². The first-order valence-electron chi connectivity index (χ1n) is 9.70. The van der Waals surface area contributed by atoms with Gasteiger partial charge in [-0.3, -0.25) is 4.79 Å². The zero-order valence-electron chi connectivity index (χ0n) is 16.2. The van der Waals surface area contributed by atoms with E-state index in [2.05, 4.69) is 52.6 Å². The lowest BCUT2D eigenvalue weighted by molar-refractivity contribution is 0.0951. The first-order valence-corrected chi connectivity index (χ1v) is 9.70. The van der Waals surface area contributed by atoms with Gasteiger partial charge in [0.25, 0.3) is 5.91 Å². The third kappa shape index (κ3) is 4.33. The summed E-state index contributed by atoms with van der Waals surface area (Å²) in [6.45, 7) is 5.66. The molecule has 1 aliphatic carbocycles. The number of carbonyl (C=O) groups is 1. The number of carbonyl (C=O) groups excluding carboxylic acids is 1. The van der Waals surface area contributed by atoms with Crippen molar-refractivity contribution in [1.82, 2.24) is 35.4 Å². The van der Waals surface area contributed by atoms with Gasteiger partial charge in [0.15, 0.2) is 5.82 Å². The topological polar surface area (TPSA) is 112 Å². The maximum atomic E-state index is 12.5. The smallest absolute Gasteiger partial charge is 0.255 e. The molecule has 0 unspecified atom stereocenters. The van der Waals surface area contributed by atoms with Crippen LogP contribution in [0.15, 0.2) is 12.3 Å². The van der Waals surface area contributed by atoms with Gasteiger partial charge in [-0.2, -0.15) is 20.1 Å². The van der Waals surface area contributed by atoms with Gasteiger partial charge >= 0.3 is 0 Å². The van der Waals surface area contributed by atoms with E-state index in [1.165, 1.54) is 6.20 Å². The molecule has 2 fully saturated rings. The Labute approximate surface area is 163 Å². The number of amides is 1. The zero-order valence-corrected chi connectivity index (χ0v) is 16.2. The van der Waals surface area contributed by atoms with Crippen molar-refractivity contribution in [2.75, 3.05) is 43.4 Å². The largest absolute Gasteiger partial charge is 0.349 e. The summed E-state index contributed by atoms with van der Waals surface area (Å²) in [4.78, 5) is 30.5. The SMILES string of the molecule is CCc1nc(Nc2nnccc2C(=O)NC2CC2)nc(N2CCN(C)CC2)n1. The summed E-state index contributed by atoms with van der Waals surface area (Å²) < 4.78 is 0. The second kappa shape index (κ2) is 8.01. The van der Waals surface area contributed by atoms with Crippen molar-refractivity contribution < 1.29 is 4.79 Å². The summed E-state index contributed by atoms with van der Waals surface area (Å²) in [6.07, 6.45) is 4.24. The third-order valence-corrected chi connectivity index (χ3v) is 4.88. The maximum Gasteiger partial charge on any atom is 0.255 e. The minimum absolute atomic E-state index is 0.163. The van der Waals surface area contributed by atoms with E-state index in [1.807, 2.05) is 6.92 Å². The first kappa shape index (κ1) is 18.5. The number of hydrogen-bond donors (Lipinski definition) is 2. The van der Waals surface area contributed by atoms with E-state index in [0.29, 0.717) is 35.5 Å². The van der Waals surface area contributed by atoms with E-state index >= 15 is 0 Å². The van der Waals surface area contributed by atoms with Gasteiger partial charge in [-0.15, -0.1) is 5.10 Å². The average Bonchev–Trinajstić information content (AvgIpc) is 3.52. The molecule has 0 radical (unpaired) electrons. The van der Waals surface area contributed by atoms with Crippen LogP contribution >= 0.6 is 0 Å². The number of likely N-dealkylation sites (N-methyl/N-ethyl adjacent to an activating group) is 1. The molecule has 1 saturated heterocycles. The average molecular weight is 383 g/mol. The van der Waals surface area contributed by atoms with E-state index in [9.17, 15) is 4.79 Å². The summed E-state index contributed by atoms with van der Waals surface area (Å²) in [7, 11) is 2.11. The van der Waals surface area contributed by atoms with E-state index in [1.54, 1.807) is 6.07 Å². The minimum atomic E-state index is -0.163. The molecule has 2 aromatic heterocycles. The Morgan fingerprint density at radius 1 is 1.18 bits per heavy atom. The molecule has 3 heterocycles. The molecule has 1 amide bonds. The van der Waals surface area contributed by atoms with Crippen molar-refractivity contribution in [3.8, 4) is 0 Å². The quantitative estimate of drug-likeness (QED) is 0.741. The predicted molar refractivity (Wildman–Crippen MR) is 105 cm³/mol. The zero-order chi connectivity index (χ0) is 19.5. The monoisotopic (exact) mass is 383 g/mol. The molecule has 2 aliphatic rings. The van der Waals surface area contributed by atoms with Crippen LogP contribution in [0.25, 0.3) is 0 Å². The summed E-state index contributed by atoms with van der Waals surface area (Å²) >= 11 is 0. The van der Waals surface area contributed by atoms with Gasteiger partial charge in [0.2, 0.25) is 11.9 Å². The molecule has 0 spiro atoms. The number of piperazine rings is 1. The normalized spacial score (nSPS) is 17.4. The fraction of sp³-hybridized carbons (Fsp3) is 0.556. The van der Waals surface area contributed by atoms with Gasteiger partial charge in [0.1, 0.15) is 5.82 Å². The summed E-state index contributed by atoms with van der Waals surface area (Å²) in [5.41, 5.74) is 0.432. The van der Waals surface area contributed by atoms with Crippen LogP contribution in [0.4, 0.5) is 17.7 Å². The molecule has 28 heavy (non-hydrogen) atoms. The molecule has 2 N–H and O–H groups in total. The van der Waals surface area contributed by atoms with E-state index in [-0.39, 0.29) is 11.9 Å². The van der Waals surface area contributed by atoms with Gasteiger partial charge in [-0.1, -0.05) is 6.92 Å². The highest BCUT2D eigenvalue weighted by Gasteiger charge is 2.26. The highest BCUT2D eigenvalue weighted by atomic mass is 16.1. The van der Waals surface area contributed by atoms with E-state index in [4.69, 9.17) is 0 Å². The summed E-state index contributed by atoms with van der Waals surface area (Å²) in [6, 6.07) is 1.91. The summed E-state index contributed by atoms with van der Waals surface area (Å²) in [5, 5.41) is 14.0. The lowest BCUT2D eigenvalue weighted by Crippen LogP contribution is -2.45. The van der Waals surface area contributed by atoms with Crippen molar-refractivity contribution >= 4 is 23.6 Å². The van der Waals surface area contributed by atoms with Gasteiger partial charge < -0.3 is 20.4 Å². The van der Waals surface area contributed by atoms with Crippen LogP contribution < -0.4 is 15.5 Å². The molecule has 2 aromatic rings. The molecule has 1 aliphatic heterocycles. The van der Waals surface area contributed by atoms with E-state index < -0.39 is 0 Å². The Hall–Kier alpha value is -2.88. The third-order valence-electron chi connectivity index (χ3n) is 4.88. The number of aromatic nitrogens is 5. The fourth-order valence-corrected chi connectivity index (χ4v) is 2.97. The predicted octanol–water partition coefficient (Wildman–Crippen LogP) is 0.612. The van der Waals surface area contributed by atoms with Crippen LogP contribution in [-0.2, 0) is 6.42 Å². The molecule has 10 nitrogen and oxygen atoms in total. The molecule has 0 aromatic carbocycles. The molecule has 0 bridgehead atoms. The highest BCUT2D eigenvalue weighted by Crippen LogP contribution is 2.22. The van der Waals surface area contributed by atoms with Gasteiger partial charge in [-0.25, -0.2) is 0 Å². The van der Waals surface area contributed by atoms with Crippen molar-refractivity contribution in [2.45, 2.75) is 32.2 Å². The Kier molecular flexibility index (Phi) is 5.29. The van der Waals surface area contributed by atoms with Crippen molar-refractivity contribution in [1.29, 1.82) is 0 Å². The molecule has 4 rings (SSSR count). The Bertz CT molecular complexity index is 847. The number of anilines is 3. The van der Waals surface area contributed by atoms with Crippen LogP contribution in [-0.4, -0.2) is 75.2 Å². The van der Waals surface area contributed by atoms with Crippen LogP contribution in [0.3, 0.4) is 0 Å². The second-order valence-corrected chi connectivity index (χ2v) is 7.19. The van der Waals surface area contributed by atoms with Crippen molar-refractivity contribution in [3.63, 3.8) is 0 Å². The molecular formula is C18H25N9O. The molecule has 148 valence electrons. The van der Waals surface area contributed by atoms with Gasteiger partial charge in [0, 0.05) is 38.6 Å². The van der Waals surface area contributed by atoms with Crippen LogP contribution in [0.5, 0.6) is 0 Å². The number of hydrogen-bond acceptors (Lipinski definition) is 9. The lowest BCUT2D eigenvalue weighted by Gasteiger charge is -2.32. The van der Waals surface area contributed by atoms with E-state index in [0.717, 1.165) is 39.0 Å². The Balaban J connectivity index is 1.57. The summed E-state index contributed by atoms with van der Waals surface area (Å²) in [5.74, 6) is 1.90. The van der Waals surface area contributed by atoms with Gasteiger partial charge in [-0.05, 0) is 26.0 Å². The maximum absolute atomic E-state index is 12.5.